The van der Waals surface area contributed by atoms with E-state index < -0.39 is 12.1 Å². The Morgan fingerprint density at radius 3 is 2.35 bits per heavy atom. The highest BCUT2D eigenvalue weighted by atomic mass is 16.5. The molecule has 1 atom stereocenters. The Kier molecular flexibility index (Phi) is 4.99. The summed E-state index contributed by atoms with van der Waals surface area (Å²) < 4.78 is 5.99. The highest BCUT2D eigenvalue weighted by Crippen LogP contribution is 2.32. The van der Waals surface area contributed by atoms with Crippen LogP contribution in [-0.2, 0) is 16.6 Å². The maximum Gasteiger partial charge on any atom is 0.345 e. The van der Waals surface area contributed by atoms with Gasteiger partial charge < -0.3 is 9.84 Å². The molecule has 0 heterocycles. The fourth-order valence-electron chi connectivity index (χ4n) is 3.19. The highest BCUT2D eigenvalue weighted by Gasteiger charge is 2.25. The molecule has 0 aliphatic heterocycles. The van der Waals surface area contributed by atoms with Gasteiger partial charge in [-0.25, -0.2) is 4.79 Å². The number of carboxylic acid groups (broad SMARTS) is 1. The number of rotatable bonds is 5. The second-order valence-corrected chi connectivity index (χ2v) is 7.53. The number of para-hydroxylation sites is 1. The summed E-state index contributed by atoms with van der Waals surface area (Å²) in [5.41, 5.74) is 1.85. The largest absolute Gasteiger partial charge is 0.478 e. The number of hydrogen-bond acceptors (Lipinski definition) is 2. The van der Waals surface area contributed by atoms with Crippen molar-refractivity contribution < 1.29 is 14.6 Å². The Labute approximate surface area is 154 Å². The molecule has 0 amide bonds. The van der Waals surface area contributed by atoms with Gasteiger partial charge in [0, 0.05) is 6.42 Å². The van der Waals surface area contributed by atoms with Crippen LogP contribution in [0.15, 0.2) is 66.7 Å². The molecule has 0 spiro atoms. The molecule has 0 radical (unpaired) electrons. The number of carboxylic acids is 1. The summed E-state index contributed by atoms with van der Waals surface area (Å²) in [6.45, 7) is 6.28. The van der Waals surface area contributed by atoms with Gasteiger partial charge in [0.1, 0.15) is 5.75 Å². The minimum atomic E-state index is -0.957. The molecule has 3 nitrogen and oxygen atoms in total. The third kappa shape index (κ3) is 3.88. The van der Waals surface area contributed by atoms with E-state index in [0.717, 1.165) is 21.9 Å². The summed E-state index contributed by atoms with van der Waals surface area (Å²) in [5, 5.41) is 11.9. The van der Waals surface area contributed by atoms with Crippen LogP contribution in [0.3, 0.4) is 0 Å². The van der Waals surface area contributed by atoms with Crippen molar-refractivity contribution in [3.8, 4) is 5.75 Å². The van der Waals surface area contributed by atoms with Crippen LogP contribution in [0.1, 0.15) is 31.9 Å². The Hall–Kier alpha value is -2.81. The van der Waals surface area contributed by atoms with E-state index in [-0.39, 0.29) is 5.41 Å². The summed E-state index contributed by atoms with van der Waals surface area (Å²) in [7, 11) is 0. The standard InChI is InChI=1S/C23H24O3/c1-23(2,3)19-13-6-7-14-20(19)26-21(22(24)25)15-17-11-8-10-16-9-4-5-12-18(16)17/h4-14,21H,15H2,1-3H3,(H,24,25)/t21-/m0/s1. The van der Waals surface area contributed by atoms with Gasteiger partial charge in [0.15, 0.2) is 6.10 Å². The Morgan fingerprint density at radius 2 is 1.62 bits per heavy atom. The average Bonchev–Trinajstić information content (AvgIpc) is 2.61. The quantitative estimate of drug-likeness (QED) is 0.688. The second kappa shape index (κ2) is 7.20. The maximum absolute atomic E-state index is 11.9. The van der Waals surface area contributed by atoms with Crippen molar-refractivity contribution >= 4 is 16.7 Å². The van der Waals surface area contributed by atoms with Crippen LogP contribution >= 0.6 is 0 Å². The third-order valence-electron chi connectivity index (χ3n) is 4.52. The third-order valence-corrected chi connectivity index (χ3v) is 4.52. The lowest BCUT2D eigenvalue weighted by atomic mass is 9.86. The number of hydrogen-bond donors (Lipinski definition) is 1. The fourth-order valence-corrected chi connectivity index (χ4v) is 3.19. The predicted molar refractivity (Wildman–Crippen MR) is 105 cm³/mol. The number of benzene rings is 3. The zero-order valence-corrected chi connectivity index (χ0v) is 15.4. The van der Waals surface area contributed by atoms with Crippen molar-refractivity contribution in [3.05, 3.63) is 77.9 Å². The first-order chi connectivity index (χ1) is 12.4. The lowest BCUT2D eigenvalue weighted by Crippen LogP contribution is -2.30. The molecule has 0 aliphatic rings. The van der Waals surface area contributed by atoms with Gasteiger partial charge in [-0.05, 0) is 33.4 Å². The van der Waals surface area contributed by atoms with Crippen LogP contribution in [0.4, 0.5) is 0 Å². The van der Waals surface area contributed by atoms with Crippen molar-refractivity contribution in [1.82, 2.24) is 0 Å². The summed E-state index contributed by atoms with van der Waals surface area (Å²) >= 11 is 0. The van der Waals surface area contributed by atoms with E-state index in [4.69, 9.17) is 4.74 Å². The van der Waals surface area contributed by atoms with Crippen molar-refractivity contribution in [2.45, 2.75) is 38.7 Å². The van der Waals surface area contributed by atoms with E-state index in [0.29, 0.717) is 12.2 Å². The molecular weight excluding hydrogens is 324 g/mol. The molecule has 0 saturated heterocycles. The SMILES string of the molecule is CC(C)(C)c1ccccc1O[C@@H](Cc1cccc2ccccc12)C(=O)O. The zero-order chi connectivity index (χ0) is 18.7. The monoisotopic (exact) mass is 348 g/mol. The summed E-state index contributed by atoms with van der Waals surface area (Å²) in [6, 6.07) is 21.6. The van der Waals surface area contributed by atoms with Gasteiger partial charge in [0.25, 0.3) is 0 Å². The lowest BCUT2D eigenvalue weighted by molar-refractivity contribution is -0.145. The van der Waals surface area contributed by atoms with Crippen LogP contribution < -0.4 is 4.74 Å². The molecule has 0 unspecified atom stereocenters. The molecule has 3 aromatic carbocycles. The average molecular weight is 348 g/mol. The maximum atomic E-state index is 11.9. The molecule has 3 heteroatoms. The molecule has 3 aromatic rings. The fraction of sp³-hybridized carbons (Fsp3) is 0.261. The van der Waals surface area contributed by atoms with Gasteiger partial charge in [-0.3, -0.25) is 0 Å². The Bertz CT molecular complexity index is 917. The van der Waals surface area contributed by atoms with E-state index in [9.17, 15) is 9.90 Å². The minimum Gasteiger partial charge on any atom is -0.478 e. The molecule has 26 heavy (non-hydrogen) atoms. The first-order valence-electron chi connectivity index (χ1n) is 8.82. The number of ether oxygens (including phenoxy) is 1. The topological polar surface area (TPSA) is 46.5 Å². The smallest absolute Gasteiger partial charge is 0.345 e. The second-order valence-electron chi connectivity index (χ2n) is 7.53. The zero-order valence-electron chi connectivity index (χ0n) is 15.4. The first kappa shape index (κ1) is 18.0. The molecule has 0 saturated carbocycles. The summed E-state index contributed by atoms with van der Waals surface area (Å²) in [4.78, 5) is 11.9. The van der Waals surface area contributed by atoms with Gasteiger partial charge in [-0.15, -0.1) is 0 Å². The van der Waals surface area contributed by atoms with E-state index in [1.165, 1.54) is 0 Å². The normalized spacial score (nSPS) is 12.7. The van der Waals surface area contributed by atoms with Gasteiger partial charge in [0.05, 0.1) is 0 Å². The molecule has 134 valence electrons. The van der Waals surface area contributed by atoms with E-state index in [1.807, 2.05) is 66.7 Å². The number of fused-ring (bicyclic) bond motifs is 1. The first-order valence-corrected chi connectivity index (χ1v) is 8.82. The van der Waals surface area contributed by atoms with Crippen molar-refractivity contribution in [3.63, 3.8) is 0 Å². The Morgan fingerprint density at radius 1 is 0.962 bits per heavy atom. The minimum absolute atomic E-state index is 0.126. The van der Waals surface area contributed by atoms with E-state index >= 15 is 0 Å². The molecule has 3 rings (SSSR count). The van der Waals surface area contributed by atoms with E-state index in [1.54, 1.807) is 0 Å². The molecule has 0 bridgehead atoms. The lowest BCUT2D eigenvalue weighted by Gasteiger charge is -2.25. The summed E-state index contributed by atoms with van der Waals surface area (Å²) in [6.07, 6.45) is -0.626. The van der Waals surface area contributed by atoms with Crippen LogP contribution in [0.2, 0.25) is 0 Å². The van der Waals surface area contributed by atoms with Crippen molar-refractivity contribution in [2.75, 3.05) is 0 Å². The molecular formula is C23H24O3. The number of aliphatic carboxylic acids is 1. The molecule has 0 aliphatic carbocycles. The van der Waals surface area contributed by atoms with Gasteiger partial charge in [0.2, 0.25) is 0 Å². The summed E-state index contributed by atoms with van der Waals surface area (Å²) in [5.74, 6) is -0.325. The Balaban J connectivity index is 1.93. The number of carbonyl (C=O) groups is 1. The van der Waals surface area contributed by atoms with Gasteiger partial charge >= 0.3 is 5.97 Å². The molecule has 1 N–H and O–H groups in total. The van der Waals surface area contributed by atoms with Gasteiger partial charge in [-0.1, -0.05) is 81.4 Å². The van der Waals surface area contributed by atoms with Crippen LogP contribution in [0.25, 0.3) is 10.8 Å². The van der Waals surface area contributed by atoms with Crippen molar-refractivity contribution in [2.24, 2.45) is 0 Å². The highest BCUT2D eigenvalue weighted by molar-refractivity contribution is 5.86. The van der Waals surface area contributed by atoms with Crippen molar-refractivity contribution in [1.29, 1.82) is 0 Å². The van der Waals surface area contributed by atoms with Gasteiger partial charge in [-0.2, -0.15) is 0 Å². The molecule has 0 aromatic heterocycles. The van der Waals surface area contributed by atoms with Crippen LogP contribution in [0, 0.1) is 0 Å². The van der Waals surface area contributed by atoms with E-state index in [2.05, 4.69) is 20.8 Å². The van der Waals surface area contributed by atoms with Crippen LogP contribution in [0.5, 0.6) is 5.75 Å². The molecule has 0 fully saturated rings. The predicted octanol–water partition coefficient (Wildman–Crippen LogP) is 5.21. The van der Waals surface area contributed by atoms with Crippen LogP contribution in [-0.4, -0.2) is 17.2 Å².